The van der Waals surface area contributed by atoms with Crippen molar-refractivity contribution in [2.45, 2.75) is 33.3 Å². The van der Waals surface area contributed by atoms with Gasteiger partial charge in [0.15, 0.2) is 0 Å². The number of nitrogens with one attached hydrogen (secondary N) is 1. The highest BCUT2D eigenvalue weighted by Gasteiger charge is 1.98. The van der Waals surface area contributed by atoms with Crippen LogP contribution in [-0.2, 0) is 9.53 Å². The van der Waals surface area contributed by atoms with Gasteiger partial charge in [0.25, 0.3) is 0 Å². The second kappa shape index (κ2) is 10.8. The van der Waals surface area contributed by atoms with E-state index in [1.54, 1.807) is 19.1 Å². The van der Waals surface area contributed by atoms with E-state index in [-0.39, 0.29) is 18.7 Å². The normalized spacial score (nSPS) is 9.20. The number of rotatable bonds is 5. The monoisotopic (exact) mass is 278 g/mol. The van der Waals surface area contributed by atoms with Crippen LogP contribution in [0.4, 0.5) is 5.69 Å². The van der Waals surface area contributed by atoms with E-state index in [1.165, 1.54) is 0 Å². The number of ether oxygens (including phenoxy) is 1. The third kappa shape index (κ3) is 8.95. The maximum Gasteiger partial charge on any atom is 0.305 e. The fourth-order valence-electron chi connectivity index (χ4n) is 1.21. The van der Waals surface area contributed by atoms with Gasteiger partial charge in [-0.25, -0.2) is 0 Å². The number of aliphatic hydroxyl groups excluding tert-OH is 1. The lowest BCUT2D eigenvalue weighted by Gasteiger charge is -2.04. The van der Waals surface area contributed by atoms with Gasteiger partial charge in [0.1, 0.15) is 0 Å². The first-order valence-corrected chi connectivity index (χ1v) is 6.57. The van der Waals surface area contributed by atoms with Crippen LogP contribution in [0.5, 0.6) is 0 Å². The van der Waals surface area contributed by atoms with Crippen LogP contribution in [0.1, 0.15) is 32.8 Å². The molecule has 0 heterocycles. The van der Waals surface area contributed by atoms with E-state index in [0.717, 1.165) is 5.69 Å². The Hall–Kier alpha value is -2.06. The zero-order chi connectivity index (χ0) is 15.4. The van der Waals surface area contributed by atoms with Gasteiger partial charge in [-0.1, -0.05) is 6.92 Å². The average Bonchev–Trinajstić information content (AvgIpc) is 2.45. The second-order valence-electron chi connectivity index (χ2n) is 4.23. The SMILES string of the molecule is CCC(=O)OC(C)C.N#Cc1ccc(NCCO)cc1. The van der Waals surface area contributed by atoms with Gasteiger partial charge in [-0.15, -0.1) is 0 Å². The molecule has 1 aromatic carbocycles. The number of hydrogen-bond acceptors (Lipinski definition) is 5. The van der Waals surface area contributed by atoms with Gasteiger partial charge < -0.3 is 15.2 Å². The summed E-state index contributed by atoms with van der Waals surface area (Å²) in [6.45, 7) is 6.11. The minimum atomic E-state index is -0.125. The fourth-order valence-corrected chi connectivity index (χ4v) is 1.21. The highest BCUT2D eigenvalue weighted by Crippen LogP contribution is 2.07. The molecule has 5 heteroatoms. The summed E-state index contributed by atoms with van der Waals surface area (Å²) in [6.07, 6.45) is 0.500. The van der Waals surface area contributed by atoms with Crippen molar-refractivity contribution in [3.63, 3.8) is 0 Å². The zero-order valence-corrected chi connectivity index (χ0v) is 12.2. The van der Waals surface area contributed by atoms with Gasteiger partial charge in [-0.05, 0) is 38.1 Å². The summed E-state index contributed by atoms with van der Waals surface area (Å²) in [5, 5.41) is 20.0. The summed E-state index contributed by atoms with van der Waals surface area (Å²) < 4.78 is 4.76. The maximum absolute atomic E-state index is 10.4. The zero-order valence-electron chi connectivity index (χ0n) is 12.2. The van der Waals surface area contributed by atoms with Crippen LogP contribution in [0.25, 0.3) is 0 Å². The van der Waals surface area contributed by atoms with Crippen molar-refractivity contribution in [3.05, 3.63) is 29.8 Å². The van der Waals surface area contributed by atoms with Crippen molar-refractivity contribution in [2.24, 2.45) is 0 Å². The Kier molecular flexibility index (Phi) is 9.71. The molecule has 0 aliphatic rings. The Labute approximate surface area is 120 Å². The highest BCUT2D eigenvalue weighted by molar-refractivity contribution is 5.68. The molecule has 0 aliphatic heterocycles. The Morgan fingerprint density at radius 3 is 2.35 bits per heavy atom. The van der Waals surface area contributed by atoms with E-state index in [1.807, 2.05) is 32.0 Å². The van der Waals surface area contributed by atoms with Gasteiger partial charge in [0.05, 0.1) is 24.3 Å². The molecule has 110 valence electrons. The Morgan fingerprint density at radius 2 is 2.00 bits per heavy atom. The first-order valence-electron chi connectivity index (χ1n) is 6.57. The van der Waals surface area contributed by atoms with Crippen LogP contribution in [-0.4, -0.2) is 30.3 Å². The van der Waals surface area contributed by atoms with E-state index in [4.69, 9.17) is 15.1 Å². The minimum absolute atomic E-state index is 0.0300. The standard InChI is InChI=1S/C9H10N2O.C6H12O2/c10-7-8-1-3-9(4-2-8)11-5-6-12;1-4-6(7)8-5(2)3/h1-4,11-12H,5-6H2;5H,4H2,1-3H3. The molecule has 0 atom stereocenters. The van der Waals surface area contributed by atoms with Crippen molar-refractivity contribution in [3.8, 4) is 6.07 Å². The molecule has 0 saturated carbocycles. The Morgan fingerprint density at radius 1 is 1.40 bits per heavy atom. The Bertz CT molecular complexity index is 422. The van der Waals surface area contributed by atoms with E-state index in [2.05, 4.69) is 5.32 Å². The molecule has 20 heavy (non-hydrogen) atoms. The van der Waals surface area contributed by atoms with E-state index in [9.17, 15) is 4.79 Å². The van der Waals surface area contributed by atoms with E-state index < -0.39 is 0 Å². The number of nitrogens with zero attached hydrogens (tertiary/aromatic N) is 1. The number of carbonyl (C=O) groups excluding carboxylic acids is 1. The molecule has 1 aromatic rings. The van der Waals surface area contributed by atoms with Crippen LogP contribution in [0.3, 0.4) is 0 Å². The second-order valence-corrected chi connectivity index (χ2v) is 4.23. The third-order valence-corrected chi connectivity index (χ3v) is 2.11. The lowest BCUT2D eigenvalue weighted by atomic mass is 10.2. The molecule has 0 saturated heterocycles. The molecule has 0 bridgehead atoms. The number of nitriles is 1. The highest BCUT2D eigenvalue weighted by atomic mass is 16.5. The molecule has 0 amide bonds. The summed E-state index contributed by atoms with van der Waals surface area (Å²) in [5.74, 6) is -0.125. The fraction of sp³-hybridized carbons (Fsp3) is 0.467. The predicted molar refractivity (Wildman–Crippen MR) is 78.3 cm³/mol. The molecule has 2 N–H and O–H groups in total. The first-order chi connectivity index (χ1) is 9.53. The van der Waals surface area contributed by atoms with Crippen molar-refractivity contribution in [1.82, 2.24) is 0 Å². The van der Waals surface area contributed by atoms with Gasteiger partial charge >= 0.3 is 5.97 Å². The molecular formula is C15H22N2O3. The van der Waals surface area contributed by atoms with Gasteiger partial charge in [0, 0.05) is 18.7 Å². The van der Waals surface area contributed by atoms with Gasteiger partial charge in [-0.2, -0.15) is 5.26 Å². The van der Waals surface area contributed by atoms with Crippen molar-refractivity contribution < 1.29 is 14.6 Å². The topological polar surface area (TPSA) is 82.4 Å². The van der Waals surface area contributed by atoms with Crippen LogP contribution < -0.4 is 5.32 Å². The Balaban J connectivity index is 0.000000396. The third-order valence-electron chi connectivity index (χ3n) is 2.11. The first kappa shape index (κ1) is 17.9. The number of carbonyl (C=O) groups is 1. The maximum atomic E-state index is 10.4. The van der Waals surface area contributed by atoms with Gasteiger partial charge in [0.2, 0.25) is 0 Å². The molecule has 0 aliphatic carbocycles. The summed E-state index contributed by atoms with van der Waals surface area (Å²) in [4.78, 5) is 10.4. The number of aliphatic hydroxyl groups is 1. The molecular weight excluding hydrogens is 256 g/mol. The van der Waals surface area contributed by atoms with E-state index >= 15 is 0 Å². The molecule has 0 fully saturated rings. The molecule has 5 nitrogen and oxygen atoms in total. The smallest absolute Gasteiger partial charge is 0.305 e. The van der Waals surface area contributed by atoms with Crippen molar-refractivity contribution in [1.29, 1.82) is 5.26 Å². The minimum Gasteiger partial charge on any atom is -0.463 e. The van der Waals surface area contributed by atoms with E-state index in [0.29, 0.717) is 18.5 Å². The quantitative estimate of drug-likeness (QED) is 0.808. The number of esters is 1. The van der Waals surface area contributed by atoms with Crippen LogP contribution in [0.15, 0.2) is 24.3 Å². The van der Waals surface area contributed by atoms with Crippen molar-refractivity contribution >= 4 is 11.7 Å². The van der Waals surface area contributed by atoms with Crippen LogP contribution in [0, 0.1) is 11.3 Å². The lowest BCUT2D eigenvalue weighted by Crippen LogP contribution is -2.09. The summed E-state index contributed by atoms with van der Waals surface area (Å²) in [6, 6.07) is 9.13. The predicted octanol–water partition coefficient (Wildman–Crippen LogP) is 2.31. The van der Waals surface area contributed by atoms with Gasteiger partial charge in [-0.3, -0.25) is 4.79 Å². The van der Waals surface area contributed by atoms with Crippen LogP contribution in [0.2, 0.25) is 0 Å². The number of anilines is 1. The number of benzene rings is 1. The molecule has 0 radical (unpaired) electrons. The summed E-state index contributed by atoms with van der Waals surface area (Å²) in [7, 11) is 0. The van der Waals surface area contributed by atoms with Crippen LogP contribution >= 0.6 is 0 Å². The molecule has 0 aromatic heterocycles. The molecule has 1 rings (SSSR count). The summed E-state index contributed by atoms with van der Waals surface area (Å²) >= 11 is 0. The average molecular weight is 278 g/mol. The lowest BCUT2D eigenvalue weighted by molar-refractivity contribution is -0.146. The largest absolute Gasteiger partial charge is 0.463 e. The number of hydrogen-bond donors (Lipinski definition) is 2. The molecule has 0 unspecified atom stereocenters. The summed E-state index contributed by atoms with van der Waals surface area (Å²) in [5.41, 5.74) is 1.56. The molecule has 0 spiro atoms. The van der Waals surface area contributed by atoms with Crippen molar-refractivity contribution in [2.75, 3.05) is 18.5 Å².